The maximum Gasteiger partial charge on any atom is 0.433 e. The predicted molar refractivity (Wildman–Crippen MR) is 119 cm³/mol. The number of rotatable bonds is 7. The molecule has 1 N–H and O–H groups in total. The van der Waals surface area contributed by atoms with Crippen LogP contribution in [0.15, 0.2) is 40.9 Å². The number of methoxy groups -OCH3 is 1. The number of furan rings is 1. The van der Waals surface area contributed by atoms with Crippen molar-refractivity contribution in [3.05, 3.63) is 59.1 Å². The first kappa shape index (κ1) is 24.5. The molecule has 0 spiro atoms. The Morgan fingerprint density at radius 2 is 2.09 bits per heavy atom. The highest BCUT2D eigenvalue weighted by atomic mass is 19.4. The molecule has 1 unspecified atom stereocenters. The number of benzene rings is 1. The van der Waals surface area contributed by atoms with Crippen molar-refractivity contribution in [1.82, 2.24) is 15.2 Å². The number of carbonyl (C=O) groups excluding carboxylic acids is 2. The molecule has 186 valence electrons. The van der Waals surface area contributed by atoms with Gasteiger partial charge < -0.3 is 19.2 Å². The highest BCUT2D eigenvalue weighted by Gasteiger charge is 2.35. The largest absolute Gasteiger partial charge is 0.489 e. The van der Waals surface area contributed by atoms with Crippen molar-refractivity contribution >= 4 is 22.8 Å². The lowest BCUT2D eigenvalue weighted by atomic mass is 10.1. The fourth-order valence-corrected chi connectivity index (χ4v) is 4.14. The number of esters is 1. The van der Waals surface area contributed by atoms with E-state index >= 15 is 0 Å². The van der Waals surface area contributed by atoms with E-state index in [-0.39, 0.29) is 42.4 Å². The van der Waals surface area contributed by atoms with Gasteiger partial charge in [-0.05, 0) is 37.6 Å². The fraction of sp³-hybridized carbons (Fsp3) is 0.375. The molecule has 1 aliphatic heterocycles. The second kappa shape index (κ2) is 9.95. The van der Waals surface area contributed by atoms with Gasteiger partial charge in [0.25, 0.3) is 5.91 Å². The van der Waals surface area contributed by atoms with Gasteiger partial charge in [-0.3, -0.25) is 19.5 Å². The van der Waals surface area contributed by atoms with Crippen LogP contribution in [0.1, 0.15) is 33.8 Å². The number of alkyl halides is 3. The summed E-state index contributed by atoms with van der Waals surface area (Å²) in [5, 5.41) is 3.46. The van der Waals surface area contributed by atoms with Gasteiger partial charge in [0.15, 0.2) is 5.69 Å². The first-order valence-corrected chi connectivity index (χ1v) is 10.9. The van der Waals surface area contributed by atoms with Crippen LogP contribution in [0.4, 0.5) is 13.2 Å². The van der Waals surface area contributed by atoms with E-state index in [0.29, 0.717) is 41.8 Å². The van der Waals surface area contributed by atoms with Crippen molar-refractivity contribution < 1.29 is 36.7 Å². The second-order valence-electron chi connectivity index (χ2n) is 8.26. The molecule has 0 saturated carbocycles. The second-order valence-corrected chi connectivity index (χ2v) is 8.26. The smallest absolute Gasteiger partial charge is 0.433 e. The number of aromatic nitrogens is 1. The molecule has 11 heteroatoms. The number of amides is 1. The molecule has 0 bridgehead atoms. The van der Waals surface area contributed by atoms with E-state index in [4.69, 9.17) is 9.15 Å². The van der Waals surface area contributed by atoms with E-state index in [1.165, 1.54) is 19.2 Å². The van der Waals surface area contributed by atoms with Crippen molar-refractivity contribution in [2.24, 2.45) is 0 Å². The zero-order chi connectivity index (χ0) is 25.2. The van der Waals surface area contributed by atoms with E-state index in [0.717, 1.165) is 6.20 Å². The molecule has 0 radical (unpaired) electrons. The van der Waals surface area contributed by atoms with E-state index < -0.39 is 11.9 Å². The predicted octanol–water partition coefficient (Wildman–Crippen LogP) is 3.71. The SMILES string of the molecule is COC(=O)CN1CCC(NC(=O)c2c(C)oc3ccc(OCc4cccnc4C(F)(F)F)cc23)C1. The molecular formula is C24H24F3N3O5. The van der Waals surface area contributed by atoms with E-state index in [1.807, 2.05) is 4.90 Å². The lowest BCUT2D eigenvalue weighted by Gasteiger charge is -2.15. The minimum atomic E-state index is -4.59. The minimum absolute atomic E-state index is 0.0980. The fourth-order valence-electron chi connectivity index (χ4n) is 4.14. The van der Waals surface area contributed by atoms with Crippen molar-refractivity contribution in [3.63, 3.8) is 0 Å². The Kier molecular flexibility index (Phi) is 6.97. The lowest BCUT2D eigenvalue weighted by Crippen LogP contribution is -2.38. The van der Waals surface area contributed by atoms with Crippen LogP contribution < -0.4 is 10.1 Å². The third kappa shape index (κ3) is 5.56. The number of nitrogens with one attached hydrogen (secondary N) is 1. The van der Waals surface area contributed by atoms with Gasteiger partial charge >= 0.3 is 12.1 Å². The van der Waals surface area contributed by atoms with Crippen LogP contribution in [0.5, 0.6) is 5.75 Å². The summed E-state index contributed by atoms with van der Waals surface area (Å²) in [5.74, 6) is 0.0184. The van der Waals surface area contributed by atoms with Crippen LogP contribution >= 0.6 is 0 Å². The Bertz CT molecular complexity index is 1240. The van der Waals surface area contributed by atoms with Crippen molar-refractivity contribution in [1.29, 1.82) is 0 Å². The summed E-state index contributed by atoms with van der Waals surface area (Å²) in [6.45, 7) is 2.64. The van der Waals surface area contributed by atoms with E-state index in [2.05, 4.69) is 15.0 Å². The number of carbonyl (C=O) groups is 2. The van der Waals surface area contributed by atoms with Gasteiger partial charge in [0, 0.05) is 36.3 Å². The third-order valence-electron chi connectivity index (χ3n) is 5.80. The first-order valence-electron chi connectivity index (χ1n) is 10.9. The van der Waals surface area contributed by atoms with Gasteiger partial charge in [-0.15, -0.1) is 0 Å². The Labute approximate surface area is 199 Å². The molecule has 1 saturated heterocycles. The molecule has 0 aliphatic carbocycles. The normalized spacial score (nSPS) is 16.4. The Morgan fingerprint density at radius 1 is 1.29 bits per heavy atom. The molecule has 1 amide bonds. The summed E-state index contributed by atoms with van der Waals surface area (Å²) in [6, 6.07) is 7.31. The molecular weight excluding hydrogens is 467 g/mol. The average molecular weight is 491 g/mol. The number of ether oxygens (including phenoxy) is 2. The summed E-state index contributed by atoms with van der Waals surface area (Å²) in [5.41, 5.74) is -0.317. The standard InChI is InChI=1S/C24H24F3N3O5/c1-14-21(23(32)29-16-7-9-30(11-16)12-20(31)33-2)18-10-17(5-6-19(18)35-14)34-13-15-4-3-8-28-22(15)24(25,26)27/h3-6,8,10,16H,7,9,11-13H2,1-2H3,(H,29,32). The summed E-state index contributed by atoms with van der Waals surface area (Å²) in [4.78, 5) is 29.9. The van der Waals surface area contributed by atoms with Gasteiger partial charge in [-0.1, -0.05) is 6.07 Å². The maximum atomic E-state index is 13.2. The maximum absolute atomic E-state index is 13.2. The molecule has 1 atom stereocenters. The number of likely N-dealkylation sites (tertiary alicyclic amines) is 1. The van der Waals surface area contributed by atoms with Gasteiger partial charge in [0.05, 0.1) is 19.2 Å². The number of aryl methyl sites for hydroxylation is 1. The molecule has 1 aliphatic rings. The zero-order valence-corrected chi connectivity index (χ0v) is 19.1. The summed E-state index contributed by atoms with van der Waals surface area (Å²) < 4.78 is 55.6. The van der Waals surface area contributed by atoms with Gasteiger partial charge in [-0.25, -0.2) is 0 Å². The number of fused-ring (bicyclic) bond motifs is 1. The Hall–Kier alpha value is -3.60. The molecule has 3 aromatic rings. The quantitative estimate of drug-likeness (QED) is 0.504. The average Bonchev–Trinajstić information content (AvgIpc) is 3.39. The van der Waals surface area contributed by atoms with Crippen LogP contribution in [0, 0.1) is 6.92 Å². The van der Waals surface area contributed by atoms with E-state index in [9.17, 15) is 22.8 Å². The molecule has 2 aromatic heterocycles. The Balaban J connectivity index is 1.48. The van der Waals surface area contributed by atoms with E-state index in [1.54, 1.807) is 25.1 Å². The molecule has 4 rings (SSSR count). The molecule has 1 aromatic carbocycles. The van der Waals surface area contributed by atoms with Gasteiger partial charge in [0.2, 0.25) is 0 Å². The lowest BCUT2D eigenvalue weighted by molar-refractivity contribution is -0.142. The highest BCUT2D eigenvalue weighted by molar-refractivity contribution is 6.07. The summed E-state index contributed by atoms with van der Waals surface area (Å²) >= 11 is 0. The highest BCUT2D eigenvalue weighted by Crippen LogP contribution is 2.32. The Morgan fingerprint density at radius 3 is 2.83 bits per heavy atom. The molecule has 3 heterocycles. The van der Waals surface area contributed by atoms with Crippen molar-refractivity contribution in [2.75, 3.05) is 26.7 Å². The first-order chi connectivity index (χ1) is 16.7. The van der Waals surface area contributed by atoms with Gasteiger partial charge in [0.1, 0.15) is 23.7 Å². The zero-order valence-electron chi connectivity index (χ0n) is 19.1. The van der Waals surface area contributed by atoms with Gasteiger partial charge in [-0.2, -0.15) is 13.2 Å². The van der Waals surface area contributed by atoms with Crippen molar-refractivity contribution in [3.8, 4) is 5.75 Å². The number of pyridine rings is 1. The van der Waals surface area contributed by atoms with Crippen LogP contribution in [0.25, 0.3) is 11.0 Å². The molecule has 8 nitrogen and oxygen atoms in total. The topological polar surface area (TPSA) is 93.9 Å². The van der Waals surface area contributed by atoms with Crippen molar-refractivity contribution in [2.45, 2.75) is 32.2 Å². The van der Waals surface area contributed by atoms with Crippen LogP contribution in [-0.4, -0.2) is 54.5 Å². The molecule has 1 fully saturated rings. The number of hydrogen-bond donors (Lipinski definition) is 1. The number of hydrogen-bond acceptors (Lipinski definition) is 7. The van der Waals surface area contributed by atoms with Crippen LogP contribution in [-0.2, 0) is 22.3 Å². The number of halogens is 3. The minimum Gasteiger partial charge on any atom is -0.489 e. The summed E-state index contributed by atoms with van der Waals surface area (Å²) in [6.07, 6.45) is -2.83. The summed E-state index contributed by atoms with van der Waals surface area (Å²) in [7, 11) is 1.33. The third-order valence-corrected chi connectivity index (χ3v) is 5.80. The molecule has 35 heavy (non-hydrogen) atoms. The number of nitrogens with zero attached hydrogens (tertiary/aromatic N) is 2. The monoisotopic (exact) mass is 491 g/mol. The van der Waals surface area contributed by atoms with Crippen LogP contribution in [0.2, 0.25) is 0 Å². The van der Waals surface area contributed by atoms with Crippen LogP contribution in [0.3, 0.4) is 0 Å².